The van der Waals surface area contributed by atoms with Crippen molar-refractivity contribution < 1.29 is 24.5 Å². The molecule has 1 amide bonds. The van der Waals surface area contributed by atoms with Crippen LogP contribution in [-0.4, -0.2) is 50.4 Å². The molecule has 1 aromatic rings. The van der Waals surface area contributed by atoms with Gasteiger partial charge in [0.2, 0.25) is 0 Å². The number of pyridine rings is 1. The summed E-state index contributed by atoms with van der Waals surface area (Å²) in [5.41, 5.74) is -0.723. The maximum absolute atomic E-state index is 12.6. The summed E-state index contributed by atoms with van der Waals surface area (Å²) in [5.74, 6) is -1.21. The number of aliphatic hydroxyl groups excluding tert-OH is 1. The molecule has 3 rings (SSSR count). The quantitative estimate of drug-likeness (QED) is 0.832. The summed E-state index contributed by atoms with van der Waals surface area (Å²) < 4.78 is 6.90. The number of hydrogen-bond acceptors (Lipinski definition) is 5. The first-order valence-electron chi connectivity index (χ1n) is 9.03. The Balaban J connectivity index is 1.69. The van der Waals surface area contributed by atoms with Gasteiger partial charge in [-0.1, -0.05) is 0 Å². The first kappa shape index (κ1) is 19.4. The fraction of sp³-hybridized carbons (Fsp3) is 0.632. The van der Waals surface area contributed by atoms with E-state index in [0.29, 0.717) is 18.7 Å². The van der Waals surface area contributed by atoms with Crippen LogP contribution in [0.2, 0.25) is 0 Å². The molecule has 0 radical (unpaired) electrons. The van der Waals surface area contributed by atoms with E-state index in [2.05, 4.69) is 0 Å². The fourth-order valence-electron chi connectivity index (χ4n) is 4.16. The second kappa shape index (κ2) is 6.37. The second-order valence-corrected chi connectivity index (χ2v) is 8.74. The highest BCUT2D eigenvalue weighted by molar-refractivity contribution is 5.90. The van der Waals surface area contributed by atoms with Gasteiger partial charge < -0.3 is 24.4 Å². The van der Waals surface area contributed by atoms with Crippen molar-refractivity contribution in [3.8, 4) is 0 Å². The van der Waals surface area contributed by atoms with Crippen molar-refractivity contribution in [2.45, 2.75) is 58.8 Å². The van der Waals surface area contributed by atoms with Crippen LogP contribution in [0.3, 0.4) is 0 Å². The summed E-state index contributed by atoms with van der Waals surface area (Å²) >= 11 is 0. The zero-order valence-corrected chi connectivity index (χ0v) is 16.1. The molecular formula is C19H26N2O6. The minimum absolute atomic E-state index is 0.000235. The molecule has 2 aliphatic rings. The van der Waals surface area contributed by atoms with Crippen LogP contribution in [0.1, 0.15) is 61.1 Å². The number of carbonyl (C=O) groups excluding carboxylic acids is 1. The summed E-state index contributed by atoms with van der Waals surface area (Å²) in [5, 5.41) is 18.8. The second-order valence-electron chi connectivity index (χ2n) is 8.74. The van der Waals surface area contributed by atoms with Crippen molar-refractivity contribution in [2.75, 3.05) is 13.1 Å². The first-order chi connectivity index (χ1) is 12.5. The molecule has 8 heteroatoms. The average molecular weight is 378 g/mol. The number of hydrogen-bond donors (Lipinski definition) is 2. The number of amides is 1. The van der Waals surface area contributed by atoms with Crippen LogP contribution in [0.15, 0.2) is 11.0 Å². The number of ether oxygens (including phenoxy) is 1. The molecule has 1 saturated heterocycles. The van der Waals surface area contributed by atoms with E-state index in [0.717, 1.165) is 12.8 Å². The number of carboxylic acids is 1. The Labute approximate surface area is 157 Å². The summed E-state index contributed by atoms with van der Waals surface area (Å²) in [4.78, 5) is 37.7. The predicted octanol–water partition coefficient (Wildman–Crippen LogP) is 1.92. The Bertz CT molecular complexity index is 837. The number of aromatic carboxylic acids is 1. The zero-order chi connectivity index (χ0) is 20.1. The standard InChI is InChI=1S/C19H26N2O6/c1-11-7-21(15(23)13(8-22)14(11)16(24)25)12-5-19(6-12)9-20(10-19)17(26)27-18(2,3)4/h7,12,22H,5-6,8-10H2,1-4H3,(H,24,25). The van der Waals surface area contributed by atoms with Crippen LogP contribution in [0, 0.1) is 12.3 Å². The maximum Gasteiger partial charge on any atom is 0.410 e. The van der Waals surface area contributed by atoms with Gasteiger partial charge in [0.1, 0.15) is 5.60 Å². The molecule has 1 spiro atoms. The topological polar surface area (TPSA) is 109 Å². The van der Waals surface area contributed by atoms with E-state index in [-0.39, 0.29) is 28.7 Å². The van der Waals surface area contributed by atoms with E-state index in [4.69, 9.17) is 4.74 Å². The average Bonchev–Trinajstić information content (AvgIpc) is 2.44. The Morgan fingerprint density at radius 3 is 2.37 bits per heavy atom. The number of carbonyl (C=O) groups is 2. The highest BCUT2D eigenvalue weighted by Crippen LogP contribution is 2.54. The van der Waals surface area contributed by atoms with E-state index in [1.54, 1.807) is 18.0 Å². The zero-order valence-electron chi connectivity index (χ0n) is 16.1. The summed E-state index contributed by atoms with van der Waals surface area (Å²) in [6.07, 6.45) is 2.72. The predicted molar refractivity (Wildman–Crippen MR) is 96.8 cm³/mol. The third kappa shape index (κ3) is 3.45. The summed E-state index contributed by atoms with van der Waals surface area (Å²) in [6.45, 7) is 7.71. The molecule has 1 saturated carbocycles. The van der Waals surface area contributed by atoms with Gasteiger partial charge >= 0.3 is 12.1 Å². The third-order valence-corrected chi connectivity index (χ3v) is 5.33. The van der Waals surface area contributed by atoms with Crippen molar-refractivity contribution >= 4 is 12.1 Å². The molecule has 1 aliphatic heterocycles. The van der Waals surface area contributed by atoms with Crippen LogP contribution < -0.4 is 5.56 Å². The molecular weight excluding hydrogens is 352 g/mol. The molecule has 0 atom stereocenters. The van der Waals surface area contributed by atoms with E-state index >= 15 is 0 Å². The third-order valence-electron chi connectivity index (χ3n) is 5.33. The van der Waals surface area contributed by atoms with Gasteiger partial charge in [-0.15, -0.1) is 0 Å². The van der Waals surface area contributed by atoms with Crippen molar-refractivity contribution in [2.24, 2.45) is 5.41 Å². The van der Waals surface area contributed by atoms with Crippen LogP contribution in [0.25, 0.3) is 0 Å². The monoisotopic (exact) mass is 378 g/mol. The molecule has 27 heavy (non-hydrogen) atoms. The Kier molecular flexibility index (Phi) is 4.58. The molecule has 2 fully saturated rings. The molecule has 148 valence electrons. The van der Waals surface area contributed by atoms with Gasteiger partial charge in [0, 0.05) is 30.7 Å². The lowest BCUT2D eigenvalue weighted by Gasteiger charge is -2.58. The van der Waals surface area contributed by atoms with Gasteiger partial charge in [-0.05, 0) is 46.1 Å². The number of aryl methyl sites for hydroxylation is 1. The lowest BCUT2D eigenvalue weighted by atomic mass is 9.60. The lowest BCUT2D eigenvalue weighted by molar-refractivity contribution is -0.0913. The molecule has 2 N–H and O–H groups in total. The van der Waals surface area contributed by atoms with Gasteiger partial charge in [-0.25, -0.2) is 9.59 Å². The number of likely N-dealkylation sites (tertiary alicyclic amines) is 1. The number of nitrogens with zero attached hydrogens (tertiary/aromatic N) is 2. The van der Waals surface area contributed by atoms with E-state index < -0.39 is 23.7 Å². The number of aromatic nitrogens is 1. The van der Waals surface area contributed by atoms with Gasteiger partial charge in [0.15, 0.2) is 0 Å². The molecule has 0 unspecified atom stereocenters. The van der Waals surface area contributed by atoms with Gasteiger partial charge in [0.05, 0.1) is 17.7 Å². The van der Waals surface area contributed by atoms with Crippen LogP contribution in [0.4, 0.5) is 4.79 Å². The van der Waals surface area contributed by atoms with Crippen LogP contribution in [-0.2, 0) is 11.3 Å². The first-order valence-corrected chi connectivity index (χ1v) is 9.03. The summed E-state index contributed by atoms with van der Waals surface area (Å²) in [7, 11) is 0. The van der Waals surface area contributed by atoms with Crippen molar-refractivity contribution in [3.05, 3.63) is 33.2 Å². The SMILES string of the molecule is Cc1cn(C2CC3(C2)CN(C(=O)OC(C)(C)C)C3)c(=O)c(CO)c1C(=O)O. The molecule has 1 aliphatic carbocycles. The molecule has 0 bridgehead atoms. The van der Waals surface area contributed by atoms with E-state index in [1.165, 1.54) is 4.57 Å². The van der Waals surface area contributed by atoms with Crippen molar-refractivity contribution in [3.63, 3.8) is 0 Å². The van der Waals surface area contributed by atoms with E-state index in [9.17, 15) is 24.6 Å². The number of aliphatic hydroxyl groups is 1. The van der Waals surface area contributed by atoms with Crippen LogP contribution >= 0.6 is 0 Å². The molecule has 2 heterocycles. The van der Waals surface area contributed by atoms with Gasteiger partial charge in [-0.2, -0.15) is 0 Å². The maximum atomic E-state index is 12.6. The van der Waals surface area contributed by atoms with Crippen molar-refractivity contribution in [1.82, 2.24) is 9.47 Å². The van der Waals surface area contributed by atoms with Gasteiger partial charge in [-0.3, -0.25) is 4.79 Å². The highest BCUT2D eigenvalue weighted by Gasteiger charge is 2.55. The van der Waals surface area contributed by atoms with E-state index in [1.807, 2.05) is 20.8 Å². The Hall–Kier alpha value is -2.35. The smallest absolute Gasteiger partial charge is 0.410 e. The van der Waals surface area contributed by atoms with Gasteiger partial charge in [0.25, 0.3) is 5.56 Å². The Morgan fingerprint density at radius 1 is 1.30 bits per heavy atom. The largest absolute Gasteiger partial charge is 0.478 e. The Morgan fingerprint density at radius 2 is 1.89 bits per heavy atom. The van der Waals surface area contributed by atoms with Crippen LogP contribution in [0.5, 0.6) is 0 Å². The molecule has 1 aromatic heterocycles. The number of rotatable bonds is 3. The lowest BCUT2D eigenvalue weighted by Crippen LogP contribution is -2.64. The van der Waals surface area contributed by atoms with Crippen molar-refractivity contribution in [1.29, 1.82) is 0 Å². The fourth-order valence-corrected chi connectivity index (χ4v) is 4.16. The summed E-state index contributed by atoms with van der Waals surface area (Å²) in [6, 6.07) is -0.0508. The normalized spacial score (nSPS) is 18.8. The molecule has 8 nitrogen and oxygen atoms in total. The minimum atomic E-state index is -1.21. The number of carboxylic acid groups (broad SMARTS) is 1. The highest BCUT2D eigenvalue weighted by atomic mass is 16.6. The molecule has 0 aromatic carbocycles. The minimum Gasteiger partial charge on any atom is -0.478 e.